The maximum atomic E-state index is 11.8. The molecule has 0 fully saturated rings. The number of carboxylic acid groups (broad SMARTS) is 1. The van der Waals surface area contributed by atoms with Crippen LogP contribution in [0, 0.1) is 6.92 Å². The van der Waals surface area contributed by atoms with Crippen molar-refractivity contribution in [1.29, 1.82) is 0 Å². The summed E-state index contributed by atoms with van der Waals surface area (Å²) in [6, 6.07) is 3.37. The fourth-order valence-electron chi connectivity index (χ4n) is 2.05. The molecule has 2 aromatic rings. The molecule has 90 valence electrons. The Kier molecular flexibility index (Phi) is 2.53. The number of benzene rings is 1. The lowest BCUT2D eigenvalue weighted by molar-refractivity contribution is 0.0698. The molecule has 17 heavy (non-hydrogen) atoms. The number of H-pyrrole nitrogens is 1. The zero-order chi connectivity index (χ0) is 12.7. The van der Waals surface area contributed by atoms with Crippen LogP contribution < -0.4 is 5.69 Å². The molecule has 0 atom stereocenters. The Morgan fingerprint density at radius 3 is 2.59 bits per heavy atom. The van der Waals surface area contributed by atoms with Crippen LogP contribution in [-0.2, 0) is 0 Å². The van der Waals surface area contributed by atoms with Gasteiger partial charge in [-0.25, -0.2) is 9.59 Å². The van der Waals surface area contributed by atoms with Crippen LogP contribution >= 0.6 is 0 Å². The van der Waals surface area contributed by atoms with Crippen LogP contribution in [0.15, 0.2) is 16.9 Å². The van der Waals surface area contributed by atoms with E-state index in [9.17, 15) is 9.59 Å². The number of hydrogen-bond acceptors (Lipinski definition) is 2. The molecule has 0 aliphatic carbocycles. The van der Waals surface area contributed by atoms with E-state index in [1.54, 1.807) is 10.6 Å². The summed E-state index contributed by atoms with van der Waals surface area (Å²) in [5.41, 5.74) is 1.71. The van der Waals surface area contributed by atoms with E-state index in [-0.39, 0.29) is 17.3 Å². The van der Waals surface area contributed by atoms with Gasteiger partial charge >= 0.3 is 11.7 Å². The van der Waals surface area contributed by atoms with Crippen molar-refractivity contribution in [2.75, 3.05) is 0 Å². The molecule has 0 saturated heterocycles. The summed E-state index contributed by atoms with van der Waals surface area (Å²) in [6.07, 6.45) is 0. The normalized spacial score (nSPS) is 11.3. The molecular formula is C12H14N2O3. The molecule has 1 heterocycles. The molecule has 1 aromatic carbocycles. The van der Waals surface area contributed by atoms with Gasteiger partial charge in [0.2, 0.25) is 0 Å². The van der Waals surface area contributed by atoms with Crippen LogP contribution in [0.4, 0.5) is 0 Å². The van der Waals surface area contributed by atoms with Gasteiger partial charge in [0.1, 0.15) is 0 Å². The summed E-state index contributed by atoms with van der Waals surface area (Å²) in [7, 11) is 0. The summed E-state index contributed by atoms with van der Waals surface area (Å²) in [5, 5.41) is 9.11. The number of carboxylic acids is 1. The van der Waals surface area contributed by atoms with E-state index in [2.05, 4.69) is 4.98 Å². The van der Waals surface area contributed by atoms with E-state index in [0.29, 0.717) is 11.0 Å². The molecule has 2 rings (SSSR count). The third kappa shape index (κ3) is 1.73. The first-order chi connectivity index (χ1) is 7.91. The zero-order valence-corrected chi connectivity index (χ0v) is 9.94. The van der Waals surface area contributed by atoms with Crippen molar-refractivity contribution in [1.82, 2.24) is 9.55 Å². The lowest BCUT2D eigenvalue weighted by Crippen LogP contribution is -2.18. The van der Waals surface area contributed by atoms with Crippen molar-refractivity contribution in [3.8, 4) is 0 Å². The van der Waals surface area contributed by atoms with Crippen molar-refractivity contribution in [2.45, 2.75) is 26.8 Å². The Bertz CT molecular complexity index is 650. The number of rotatable bonds is 2. The average Bonchev–Trinajstić information content (AvgIpc) is 2.52. The maximum absolute atomic E-state index is 11.8. The molecular weight excluding hydrogens is 220 g/mol. The number of aromatic amines is 1. The van der Waals surface area contributed by atoms with Gasteiger partial charge in [-0.1, -0.05) is 0 Å². The number of nitrogens with zero attached hydrogens (tertiary/aromatic N) is 1. The second-order valence-corrected chi connectivity index (χ2v) is 4.41. The van der Waals surface area contributed by atoms with E-state index in [1.165, 1.54) is 0 Å². The molecule has 5 nitrogen and oxygen atoms in total. The van der Waals surface area contributed by atoms with Gasteiger partial charge in [-0.3, -0.25) is 4.57 Å². The summed E-state index contributed by atoms with van der Waals surface area (Å²) in [4.78, 5) is 25.5. The number of hydrogen-bond donors (Lipinski definition) is 2. The predicted octanol–water partition coefficient (Wildman–Crippen LogP) is 1.92. The Balaban J connectivity index is 2.94. The Morgan fingerprint density at radius 2 is 2.06 bits per heavy atom. The van der Waals surface area contributed by atoms with Gasteiger partial charge in [0.05, 0.1) is 16.6 Å². The Labute approximate surface area is 97.7 Å². The van der Waals surface area contributed by atoms with Crippen LogP contribution in [-0.4, -0.2) is 20.6 Å². The van der Waals surface area contributed by atoms with Gasteiger partial charge < -0.3 is 10.1 Å². The van der Waals surface area contributed by atoms with Gasteiger partial charge in [0, 0.05) is 6.04 Å². The second-order valence-electron chi connectivity index (χ2n) is 4.41. The van der Waals surface area contributed by atoms with Crippen LogP contribution in [0.25, 0.3) is 11.0 Å². The van der Waals surface area contributed by atoms with Gasteiger partial charge in [-0.15, -0.1) is 0 Å². The minimum Gasteiger partial charge on any atom is -0.478 e. The van der Waals surface area contributed by atoms with Crippen LogP contribution in [0.3, 0.4) is 0 Å². The van der Waals surface area contributed by atoms with Crippen molar-refractivity contribution >= 4 is 17.0 Å². The van der Waals surface area contributed by atoms with Crippen LogP contribution in [0.5, 0.6) is 0 Å². The van der Waals surface area contributed by atoms with Crippen molar-refractivity contribution < 1.29 is 9.90 Å². The fraction of sp³-hybridized carbons (Fsp3) is 0.333. The lowest BCUT2D eigenvalue weighted by atomic mass is 10.1. The summed E-state index contributed by atoms with van der Waals surface area (Å²) in [5.74, 6) is -1.03. The van der Waals surface area contributed by atoms with Gasteiger partial charge in [0.25, 0.3) is 0 Å². The molecule has 0 aliphatic rings. The van der Waals surface area contributed by atoms with Gasteiger partial charge in [-0.2, -0.15) is 0 Å². The number of fused-ring (bicyclic) bond motifs is 1. The van der Waals surface area contributed by atoms with Gasteiger partial charge in [0.15, 0.2) is 0 Å². The quantitative estimate of drug-likeness (QED) is 0.833. The number of imidazole rings is 1. The van der Waals surface area contributed by atoms with E-state index in [1.807, 2.05) is 26.8 Å². The van der Waals surface area contributed by atoms with Crippen LogP contribution in [0.2, 0.25) is 0 Å². The van der Waals surface area contributed by atoms with E-state index < -0.39 is 5.97 Å². The number of aryl methyl sites for hydroxylation is 1. The topological polar surface area (TPSA) is 75.1 Å². The number of aromatic carboxylic acids is 1. The molecule has 2 N–H and O–H groups in total. The molecule has 0 radical (unpaired) electrons. The first-order valence-electron chi connectivity index (χ1n) is 5.40. The molecule has 0 saturated carbocycles. The number of carbonyl (C=O) groups is 1. The molecule has 0 amide bonds. The molecule has 0 aliphatic heterocycles. The largest absolute Gasteiger partial charge is 0.478 e. The third-order valence-electron chi connectivity index (χ3n) is 2.72. The first-order valence-corrected chi connectivity index (χ1v) is 5.40. The highest BCUT2D eigenvalue weighted by Gasteiger charge is 2.16. The monoisotopic (exact) mass is 234 g/mol. The lowest BCUT2D eigenvalue weighted by Gasteiger charge is -2.08. The van der Waals surface area contributed by atoms with Crippen LogP contribution in [0.1, 0.15) is 35.8 Å². The Hall–Kier alpha value is -2.04. The number of nitrogens with one attached hydrogen (secondary N) is 1. The Morgan fingerprint density at radius 1 is 1.41 bits per heavy atom. The molecule has 5 heteroatoms. The zero-order valence-electron chi connectivity index (χ0n) is 9.94. The highest BCUT2D eigenvalue weighted by atomic mass is 16.4. The third-order valence-corrected chi connectivity index (χ3v) is 2.72. The van der Waals surface area contributed by atoms with Crippen molar-refractivity contribution in [2.24, 2.45) is 0 Å². The average molecular weight is 234 g/mol. The molecule has 0 bridgehead atoms. The predicted molar refractivity (Wildman–Crippen MR) is 64.6 cm³/mol. The van der Waals surface area contributed by atoms with Crippen molar-refractivity contribution in [3.05, 3.63) is 33.7 Å². The fourth-order valence-corrected chi connectivity index (χ4v) is 2.05. The summed E-state index contributed by atoms with van der Waals surface area (Å²) >= 11 is 0. The van der Waals surface area contributed by atoms with E-state index >= 15 is 0 Å². The minimum atomic E-state index is -1.03. The SMILES string of the molecule is Cc1cc(C(=O)O)c2[nH]c(=O)n(C(C)C)c2c1. The molecule has 0 spiro atoms. The van der Waals surface area contributed by atoms with Crippen molar-refractivity contribution in [3.63, 3.8) is 0 Å². The number of aromatic nitrogens is 2. The van der Waals surface area contributed by atoms with E-state index in [0.717, 1.165) is 5.56 Å². The summed E-state index contributed by atoms with van der Waals surface area (Å²) in [6.45, 7) is 5.59. The summed E-state index contributed by atoms with van der Waals surface area (Å²) < 4.78 is 1.56. The highest BCUT2D eigenvalue weighted by Crippen LogP contribution is 2.20. The van der Waals surface area contributed by atoms with E-state index in [4.69, 9.17) is 5.11 Å². The molecule has 0 unspecified atom stereocenters. The molecule has 1 aromatic heterocycles. The first kappa shape index (κ1) is 11.4. The maximum Gasteiger partial charge on any atom is 0.337 e. The smallest absolute Gasteiger partial charge is 0.337 e. The highest BCUT2D eigenvalue weighted by molar-refractivity contribution is 6.01. The minimum absolute atomic E-state index is 0.0142. The standard InChI is InChI=1S/C12H14N2O3/c1-6(2)14-9-5-7(3)4-8(11(15)16)10(9)13-12(14)17/h4-6H,1-3H3,(H,13,17)(H,15,16). The second kappa shape index (κ2) is 3.76. The van der Waals surface area contributed by atoms with Gasteiger partial charge in [-0.05, 0) is 38.5 Å².